The van der Waals surface area contributed by atoms with Gasteiger partial charge < -0.3 is 10.2 Å². The van der Waals surface area contributed by atoms with Crippen molar-refractivity contribution >= 4 is 17.5 Å². The monoisotopic (exact) mass is 384 g/mol. The van der Waals surface area contributed by atoms with Gasteiger partial charge >= 0.3 is 0 Å². The zero-order valence-corrected chi connectivity index (χ0v) is 16.8. The van der Waals surface area contributed by atoms with E-state index in [9.17, 15) is 4.79 Å². The van der Waals surface area contributed by atoms with Gasteiger partial charge in [0.05, 0.1) is 0 Å². The molecule has 1 N–H and O–H groups in total. The van der Waals surface area contributed by atoms with Crippen molar-refractivity contribution in [1.29, 1.82) is 0 Å². The highest BCUT2D eigenvalue weighted by molar-refractivity contribution is 6.30. The Balaban J connectivity index is 1.70. The highest BCUT2D eigenvalue weighted by atomic mass is 35.5. The SMILES string of the molecule is CCCCN1CCC(CNC(=O)c2ccc(Cl)cc2)(c2ccccc2)CC1. The smallest absolute Gasteiger partial charge is 0.251 e. The van der Waals surface area contributed by atoms with Crippen molar-refractivity contribution in [2.24, 2.45) is 0 Å². The van der Waals surface area contributed by atoms with Gasteiger partial charge in [-0.1, -0.05) is 55.3 Å². The second-order valence-corrected chi connectivity index (χ2v) is 7.97. The molecule has 0 radical (unpaired) electrons. The fraction of sp³-hybridized carbons (Fsp3) is 0.435. The minimum absolute atomic E-state index is 0.00601. The van der Waals surface area contributed by atoms with Crippen LogP contribution in [0.3, 0.4) is 0 Å². The predicted octanol–water partition coefficient (Wildman–Crippen LogP) is 4.90. The number of halogens is 1. The van der Waals surface area contributed by atoms with Crippen molar-refractivity contribution in [3.63, 3.8) is 0 Å². The largest absolute Gasteiger partial charge is 0.351 e. The molecule has 1 heterocycles. The Morgan fingerprint density at radius 1 is 1.07 bits per heavy atom. The molecule has 4 heteroatoms. The third-order valence-corrected chi connectivity index (χ3v) is 5.97. The number of nitrogens with one attached hydrogen (secondary N) is 1. The van der Waals surface area contributed by atoms with Crippen LogP contribution in [0.2, 0.25) is 5.02 Å². The molecule has 0 bridgehead atoms. The summed E-state index contributed by atoms with van der Waals surface area (Å²) in [6, 6.07) is 17.7. The Labute approximate surface area is 167 Å². The number of piperidine rings is 1. The second kappa shape index (κ2) is 9.38. The predicted molar refractivity (Wildman–Crippen MR) is 112 cm³/mol. The average molecular weight is 385 g/mol. The number of amides is 1. The lowest BCUT2D eigenvalue weighted by molar-refractivity contribution is 0.0921. The molecule has 3 nitrogen and oxygen atoms in total. The van der Waals surface area contributed by atoms with Crippen molar-refractivity contribution in [1.82, 2.24) is 10.2 Å². The van der Waals surface area contributed by atoms with Crippen LogP contribution >= 0.6 is 11.6 Å². The van der Waals surface area contributed by atoms with E-state index in [-0.39, 0.29) is 11.3 Å². The number of benzene rings is 2. The summed E-state index contributed by atoms with van der Waals surface area (Å²) in [5.74, 6) is -0.0321. The van der Waals surface area contributed by atoms with Crippen LogP contribution in [0.25, 0.3) is 0 Å². The fourth-order valence-electron chi connectivity index (χ4n) is 3.90. The molecule has 27 heavy (non-hydrogen) atoms. The average Bonchev–Trinajstić information content (AvgIpc) is 2.72. The van der Waals surface area contributed by atoms with E-state index in [1.165, 1.54) is 24.9 Å². The first-order valence-electron chi connectivity index (χ1n) is 9.95. The summed E-state index contributed by atoms with van der Waals surface area (Å²) >= 11 is 5.93. The molecule has 2 aromatic rings. The first kappa shape index (κ1) is 19.9. The van der Waals surface area contributed by atoms with Crippen LogP contribution in [0.15, 0.2) is 54.6 Å². The molecule has 1 aliphatic heterocycles. The quantitative estimate of drug-likeness (QED) is 0.736. The van der Waals surface area contributed by atoms with Gasteiger partial charge in [-0.15, -0.1) is 0 Å². The van der Waals surface area contributed by atoms with Gasteiger partial charge in [-0.3, -0.25) is 4.79 Å². The molecule has 1 aliphatic rings. The number of rotatable bonds is 7. The number of nitrogens with zero attached hydrogens (tertiary/aromatic N) is 1. The topological polar surface area (TPSA) is 32.3 Å². The number of likely N-dealkylation sites (tertiary alicyclic amines) is 1. The summed E-state index contributed by atoms with van der Waals surface area (Å²) in [5.41, 5.74) is 1.99. The molecule has 3 rings (SSSR count). The van der Waals surface area contributed by atoms with E-state index in [4.69, 9.17) is 11.6 Å². The van der Waals surface area contributed by atoms with Gasteiger partial charge in [0, 0.05) is 22.5 Å². The van der Waals surface area contributed by atoms with Crippen LogP contribution in [0, 0.1) is 0 Å². The first-order chi connectivity index (χ1) is 13.1. The van der Waals surface area contributed by atoms with E-state index < -0.39 is 0 Å². The van der Waals surface area contributed by atoms with Gasteiger partial charge in [-0.05, 0) is 68.7 Å². The second-order valence-electron chi connectivity index (χ2n) is 7.53. The van der Waals surface area contributed by atoms with E-state index >= 15 is 0 Å². The Bertz CT molecular complexity index is 722. The van der Waals surface area contributed by atoms with Crippen LogP contribution in [0.1, 0.15) is 48.5 Å². The zero-order chi connectivity index (χ0) is 19.1. The number of carbonyl (C=O) groups is 1. The van der Waals surface area contributed by atoms with Crippen molar-refractivity contribution in [3.8, 4) is 0 Å². The minimum atomic E-state index is -0.0321. The lowest BCUT2D eigenvalue weighted by Crippen LogP contribution is -2.49. The molecule has 1 saturated heterocycles. The van der Waals surface area contributed by atoms with Gasteiger partial charge in [0.25, 0.3) is 5.91 Å². The Kier molecular flexibility index (Phi) is 6.92. The van der Waals surface area contributed by atoms with E-state index in [1.54, 1.807) is 24.3 Å². The van der Waals surface area contributed by atoms with Gasteiger partial charge in [0.1, 0.15) is 0 Å². The molecule has 0 aliphatic carbocycles. The van der Waals surface area contributed by atoms with Crippen LogP contribution in [-0.2, 0) is 5.41 Å². The summed E-state index contributed by atoms with van der Waals surface area (Å²) in [5, 5.41) is 3.83. The molecule has 0 saturated carbocycles. The maximum absolute atomic E-state index is 12.6. The van der Waals surface area contributed by atoms with Crippen LogP contribution in [-0.4, -0.2) is 37.0 Å². The molecule has 1 fully saturated rings. The lowest BCUT2D eigenvalue weighted by Gasteiger charge is -2.42. The molecule has 144 valence electrons. The number of unbranched alkanes of at least 4 members (excludes halogenated alkanes) is 1. The number of hydrogen-bond donors (Lipinski definition) is 1. The standard InChI is InChI=1S/C23H29ClN2O/c1-2-3-15-26-16-13-23(14-17-26,20-7-5-4-6-8-20)18-25-22(27)19-9-11-21(24)12-10-19/h4-12H,2-3,13-18H2,1H3,(H,25,27). The Hall–Kier alpha value is -1.84. The van der Waals surface area contributed by atoms with Crippen molar-refractivity contribution in [2.45, 2.75) is 38.0 Å². The third kappa shape index (κ3) is 5.12. The molecular weight excluding hydrogens is 356 g/mol. The molecule has 0 atom stereocenters. The lowest BCUT2D eigenvalue weighted by atomic mass is 9.72. The zero-order valence-electron chi connectivity index (χ0n) is 16.1. The fourth-order valence-corrected chi connectivity index (χ4v) is 4.02. The molecule has 1 amide bonds. The number of hydrogen-bond acceptors (Lipinski definition) is 2. The summed E-state index contributed by atoms with van der Waals surface area (Å²) in [7, 11) is 0. The summed E-state index contributed by atoms with van der Waals surface area (Å²) in [6.45, 7) is 6.26. The summed E-state index contributed by atoms with van der Waals surface area (Å²) < 4.78 is 0. The van der Waals surface area contributed by atoms with Gasteiger partial charge in [-0.2, -0.15) is 0 Å². The van der Waals surface area contributed by atoms with Crippen LogP contribution < -0.4 is 5.32 Å². The highest BCUT2D eigenvalue weighted by Gasteiger charge is 2.36. The Morgan fingerprint density at radius 3 is 2.37 bits per heavy atom. The van der Waals surface area contributed by atoms with Crippen molar-refractivity contribution in [2.75, 3.05) is 26.2 Å². The summed E-state index contributed by atoms with van der Waals surface area (Å²) in [6.07, 6.45) is 4.63. The third-order valence-electron chi connectivity index (χ3n) is 5.72. The molecular formula is C23H29ClN2O. The molecule has 0 aromatic heterocycles. The van der Waals surface area contributed by atoms with Gasteiger partial charge in [0.2, 0.25) is 0 Å². The summed E-state index contributed by atoms with van der Waals surface area (Å²) in [4.78, 5) is 15.2. The van der Waals surface area contributed by atoms with Gasteiger partial charge in [-0.25, -0.2) is 0 Å². The highest BCUT2D eigenvalue weighted by Crippen LogP contribution is 2.35. The van der Waals surface area contributed by atoms with Crippen LogP contribution in [0.5, 0.6) is 0 Å². The number of carbonyl (C=O) groups excluding carboxylic acids is 1. The van der Waals surface area contributed by atoms with Crippen molar-refractivity contribution in [3.05, 3.63) is 70.7 Å². The van der Waals surface area contributed by atoms with Crippen LogP contribution in [0.4, 0.5) is 0 Å². The molecule has 0 unspecified atom stereocenters. The molecule has 2 aromatic carbocycles. The maximum atomic E-state index is 12.6. The first-order valence-corrected chi connectivity index (χ1v) is 10.3. The Morgan fingerprint density at radius 2 is 1.74 bits per heavy atom. The normalized spacial score (nSPS) is 16.8. The molecule has 0 spiro atoms. The van der Waals surface area contributed by atoms with E-state index in [1.807, 2.05) is 0 Å². The van der Waals surface area contributed by atoms with E-state index in [0.717, 1.165) is 25.9 Å². The van der Waals surface area contributed by atoms with Crippen molar-refractivity contribution < 1.29 is 4.79 Å². The minimum Gasteiger partial charge on any atom is -0.351 e. The van der Waals surface area contributed by atoms with E-state index in [0.29, 0.717) is 17.1 Å². The van der Waals surface area contributed by atoms with E-state index in [2.05, 4.69) is 47.5 Å². The van der Waals surface area contributed by atoms with Gasteiger partial charge in [0.15, 0.2) is 0 Å². The maximum Gasteiger partial charge on any atom is 0.251 e.